The summed E-state index contributed by atoms with van der Waals surface area (Å²) in [6.07, 6.45) is 0. The van der Waals surface area contributed by atoms with Crippen molar-refractivity contribution >= 4 is 23.9 Å². The molecule has 16 nitrogen and oxygen atoms in total. The molecule has 0 aliphatic carbocycles. The van der Waals surface area contributed by atoms with Crippen molar-refractivity contribution in [1.82, 2.24) is 0 Å². The van der Waals surface area contributed by atoms with Gasteiger partial charge in [-0.2, -0.15) is 0 Å². The van der Waals surface area contributed by atoms with Gasteiger partial charge in [0.25, 0.3) is 0 Å². The lowest BCUT2D eigenvalue weighted by Gasteiger charge is -2.10. The van der Waals surface area contributed by atoms with Crippen molar-refractivity contribution in [3.8, 4) is 0 Å². The molecule has 0 fully saturated rings. The van der Waals surface area contributed by atoms with Gasteiger partial charge in [-0.25, -0.2) is 19.2 Å². The van der Waals surface area contributed by atoms with E-state index in [2.05, 4.69) is 0 Å². The molecule has 2 aromatic rings. The van der Waals surface area contributed by atoms with Gasteiger partial charge in [0.1, 0.15) is 26.4 Å². The van der Waals surface area contributed by atoms with Crippen molar-refractivity contribution in [3.63, 3.8) is 0 Å². The molecule has 48 heavy (non-hydrogen) atoms. The molecule has 0 aliphatic heterocycles. The molecule has 2 rings (SSSR count). The van der Waals surface area contributed by atoms with Crippen LogP contribution in [0.1, 0.15) is 41.4 Å². The van der Waals surface area contributed by atoms with E-state index < -0.39 is 23.9 Å². The van der Waals surface area contributed by atoms with Gasteiger partial charge in [-0.15, -0.1) is 0 Å². The van der Waals surface area contributed by atoms with Gasteiger partial charge in [-0.3, -0.25) is 0 Å². The summed E-state index contributed by atoms with van der Waals surface area (Å²) in [5.41, 5.74) is 0.807. The molecular weight excluding hydrogens is 640 g/mol. The van der Waals surface area contributed by atoms with Crippen LogP contribution in [-0.4, -0.2) is 150 Å². The first kappa shape index (κ1) is 42.0. The van der Waals surface area contributed by atoms with Gasteiger partial charge in [0.15, 0.2) is 0 Å². The highest BCUT2D eigenvalue weighted by Crippen LogP contribution is 2.12. The summed E-state index contributed by atoms with van der Waals surface area (Å²) in [7, 11) is 0. The van der Waals surface area contributed by atoms with E-state index in [0.29, 0.717) is 11.1 Å². The Morgan fingerprint density at radius 1 is 0.375 bits per heavy atom. The van der Waals surface area contributed by atoms with Gasteiger partial charge in [-0.1, -0.05) is 12.1 Å². The number of aliphatic hydroxyl groups is 4. The maximum absolute atomic E-state index is 12.0. The topological polar surface area (TPSA) is 223 Å². The van der Waals surface area contributed by atoms with Gasteiger partial charge in [-0.05, 0) is 36.4 Å². The molecule has 0 aliphatic rings. The molecule has 0 radical (unpaired) electrons. The third-order valence-corrected chi connectivity index (χ3v) is 5.51. The fourth-order valence-electron chi connectivity index (χ4n) is 3.34. The van der Waals surface area contributed by atoms with Crippen LogP contribution < -0.4 is 0 Å². The van der Waals surface area contributed by atoms with Crippen molar-refractivity contribution in [2.24, 2.45) is 0 Å². The van der Waals surface area contributed by atoms with Crippen LogP contribution >= 0.6 is 0 Å². The van der Waals surface area contributed by atoms with E-state index in [1.165, 1.54) is 36.4 Å². The van der Waals surface area contributed by atoms with E-state index in [1.54, 1.807) is 12.1 Å². The number of hydrogen-bond acceptors (Lipinski definition) is 16. The molecular formula is C32H44O16. The number of ether oxygens (including phenoxy) is 8. The zero-order valence-corrected chi connectivity index (χ0v) is 26.6. The lowest BCUT2D eigenvalue weighted by Crippen LogP contribution is -2.18. The minimum absolute atomic E-state index is 0.0111. The maximum Gasteiger partial charge on any atom is 0.339 e. The highest BCUT2D eigenvalue weighted by Gasteiger charge is 2.19. The van der Waals surface area contributed by atoms with Crippen LogP contribution in [0.4, 0.5) is 0 Å². The predicted octanol–water partition coefficient (Wildman–Crippen LogP) is 0.0360. The Kier molecular flexibility index (Phi) is 24.6. The first-order valence-electron chi connectivity index (χ1n) is 15.0. The number of carbonyl (C=O) groups is 4. The third-order valence-electron chi connectivity index (χ3n) is 5.51. The van der Waals surface area contributed by atoms with Gasteiger partial charge >= 0.3 is 23.9 Å². The molecule has 0 atom stereocenters. The number of rotatable bonds is 24. The molecule has 0 aromatic heterocycles. The molecule has 2 aromatic carbocycles. The van der Waals surface area contributed by atoms with Crippen LogP contribution in [0.5, 0.6) is 0 Å². The lowest BCUT2D eigenvalue weighted by atomic mass is 10.1. The van der Waals surface area contributed by atoms with E-state index in [-0.39, 0.29) is 117 Å². The SMILES string of the molecule is O=C(OCCOCCO)c1ccc(C(=O)OCCOCCO)cc1.O=C(OCCOCCO)c1ccccc1C(=O)OCCOCCO. The Bertz CT molecular complexity index is 1080. The minimum Gasteiger partial charge on any atom is -0.460 e. The Morgan fingerprint density at radius 3 is 0.917 bits per heavy atom. The number of hydrogen-bond donors (Lipinski definition) is 4. The molecule has 4 N–H and O–H groups in total. The van der Waals surface area contributed by atoms with Crippen LogP contribution in [0.15, 0.2) is 48.5 Å². The molecule has 0 saturated heterocycles. The quantitative estimate of drug-likeness (QED) is 0.0651. The predicted molar refractivity (Wildman–Crippen MR) is 166 cm³/mol. The fourth-order valence-corrected chi connectivity index (χ4v) is 3.34. The molecule has 0 unspecified atom stereocenters. The number of aliphatic hydroxyl groups excluding tert-OH is 4. The fraction of sp³-hybridized carbons (Fsp3) is 0.500. The Balaban J connectivity index is 0.000000480. The average Bonchev–Trinajstić information content (AvgIpc) is 3.11. The number of benzene rings is 2. The summed E-state index contributed by atoms with van der Waals surface area (Å²) < 4.78 is 39.9. The van der Waals surface area contributed by atoms with Gasteiger partial charge in [0.05, 0.1) is 102 Å². The largest absolute Gasteiger partial charge is 0.460 e. The van der Waals surface area contributed by atoms with Crippen molar-refractivity contribution in [2.75, 3.05) is 106 Å². The summed E-state index contributed by atoms with van der Waals surface area (Å²) >= 11 is 0. The van der Waals surface area contributed by atoms with Gasteiger partial charge < -0.3 is 58.3 Å². The van der Waals surface area contributed by atoms with Gasteiger partial charge in [0.2, 0.25) is 0 Å². The van der Waals surface area contributed by atoms with Crippen molar-refractivity contribution < 1.29 is 77.5 Å². The second kappa shape index (κ2) is 28.1. The normalized spacial score (nSPS) is 10.4. The van der Waals surface area contributed by atoms with Crippen LogP contribution in [-0.2, 0) is 37.9 Å². The minimum atomic E-state index is -0.660. The highest BCUT2D eigenvalue weighted by molar-refractivity contribution is 6.03. The molecule has 0 amide bonds. The molecule has 0 saturated carbocycles. The Labute approximate surface area is 278 Å². The summed E-state index contributed by atoms with van der Waals surface area (Å²) in [5, 5.41) is 34.2. The summed E-state index contributed by atoms with van der Waals surface area (Å²) in [5.74, 6) is -2.38. The number of carbonyl (C=O) groups excluding carboxylic acids is 4. The van der Waals surface area contributed by atoms with Crippen molar-refractivity contribution in [1.29, 1.82) is 0 Å². The molecule has 0 heterocycles. The van der Waals surface area contributed by atoms with E-state index in [9.17, 15) is 19.2 Å². The van der Waals surface area contributed by atoms with Gasteiger partial charge in [0, 0.05) is 0 Å². The molecule has 0 bridgehead atoms. The monoisotopic (exact) mass is 684 g/mol. The maximum atomic E-state index is 12.0. The van der Waals surface area contributed by atoms with Crippen molar-refractivity contribution in [2.45, 2.75) is 0 Å². The average molecular weight is 685 g/mol. The molecule has 16 heteroatoms. The second-order valence-corrected chi connectivity index (χ2v) is 9.01. The Morgan fingerprint density at radius 2 is 0.646 bits per heavy atom. The van der Waals surface area contributed by atoms with E-state index in [4.69, 9.17) is 58.3 Å². The van der Waals surface area contributed by atoms with Crippen molar-refractivity contribution in [3.05, 3.63) is 70.8 Å². The zero-order chi connectivity index (χ0) is 35.2. The van der Waals surface area contributed by atoms with E-state index in [0.717, 1.165) is 0 Å². The molecule has 268 valence electrons. The third kappa shape index (κ3) is 19.0. The van der Waals surface area contributed by atoms with Crippen LogP contribution in [0.2, 0.25) is 0 Å². The number of esters is 4. The second-order valence-electron chi connectivity index (χ2n) is 9.01. The first-order chi connectivity index (χ1) is 23.4. The van der Waals surface area contributed by atoms with E-state index >= 15 is 0 Å². The first-order valence-corrected chi connectivity index (χ1v) is 15.0. The summed E-state index contributed by atoms with van der Waals surface area (Å²) in [6, 6.07) is 12.0. The van der Waals surface area contributed by atoms with E-state index in [1.807, 2.05) is 0 Å². The standard InChI is InChI=1S/2C16H22O8/c17-5-7-21-9-11-23-15(19)13-1-2-14(4-3-13)16(20)24-12-10-22-8-6-18;17-5-7-21-9-11-23-15(19)13-3-1-2-4-14(13)16(20)24-12-10-22-8-6-18/h2*1-4,17-18H,5-12H2. The Hall–Kier alpha value is -4.00. The van der Waals surface area contributed by atoms with Crippen LogP contribution in [0.25, 0.3) is 0 Å². The smallest absolute Gasteiger partial charge is 0.339 e. The summed E-state index contributed by atoms with van der Waals surface area (Å²) in [4.78, 5) is 47.6. The lowest BCUT2D eigenvalue weighted by molar-refractivity contribution is 0.0224. The van der Waals surface area contributed by atoms with Crippen LogP contribution in [0.3, 0.4) is 0 Å². The van der Waals surface area contributed by atoms with Crippen LogP contribution in [0, 0.1) is 0 Å². The zero-order valence-electron chi connectivity index (χ0n) is 26.6. The summed E-state index contributed by atoms with van der Waals surface area (Å²) in [6.45, 7) is 1.23. The molecule has 0 spiro atoms. The highest BCUT2D eigenvalue weighted by atomic mass is 16.6.